The Kier molecular flexibility index (Phi) is 2.42. The number of nitriles is 1. The first kappa shape index (κ1) is 9.47. The quantitative estimate of drug-likeness (QED) is 0.659. The standard InChI is InChI=1S/C10H14N2O2/c11-4-3-10(1-2-10)8-12-5-6-14-7-9(12)13/h1-3,5-8H2. The van der Waals surface area contributed by atoms with Gasteiger partial charge in [-0.25, -0.2) is 0 Å². The summed E-state index contributed by atoms with van der Waals surface area (Å²) < 4.78 is 5.05. The van der Waals surface area contributed by atoms with Crippen LogP contribution in [0.15, 0.2) is 0 Å². The van der Waals surface area contributed by atoms with Gasteiger partial charge < -0.3 is 9.64 Å². The molecule has 76 valence electrons. The fraction of sp³-hybridized carbons (Fsp3) is 0.800. The van der Waals surface area contributed by atoms with Crippen molar-refractivity contribution in [3.63, 3.8) is 0 Å². The molecule has 1 amide bonds. The lowest BCUT2D eigenvalue weighted by atomic mass is 10.0. The molecule has 0 bridgehead atoms. The number of nitrogens with zero attached hydrogens (tertiary/aromatic N) is 2. The van der Waals surface area contributed by atoms with E-state index >= 15 is 0 Å². The summed E-state index contributed by atoms with van der Waals surface area (Å²) >= 11 is 0. The number of hydrogen-bond donors (Lipinski definition) is 0. The van der Waals surface area contributed by atoms with Gasteiger partial charge in [0.25, 0.3) is 0 Å². The molecule has 0 radical (unpaired) electrons. The molecule has 4 nitrogen and oxygen atoms in total. The molecule has 0 atom stereocenters. The van der Waals surface area contributed by atoms with Crippen LogP contribution in [0.2, 0.25) is 0 Å². The van der Waals surface area contributed by atoms with Gasteiger partial charge in [0.1, 0.15) is 6.61 Å². The number of carbonyl (C=O) groups is 1. The summed E-state index contributed by atoms with van der Waals surface area (Å²) in [7, 11) is 0. The van der Waals surface area contributed by atoms with Gasteiger partial charge in [0.2, 0.25) is 5.91 Å². The average molecular weight is 194 g/mol. The van der Waals surface area contributed by atoms with Crippen LogP contribution in [0.1, 0.15) is 19.3 Å². The van der Waals surface area contributed by atoms with E-state index in [0.717, 1.165) is 19.4 Å². The van der Waals surface area contributed by atoms with Gasteiger partial charge in [0, 0.05) is 24.9 Å². The summed E-state index contributed by atoms with van der Waals surface area (Å²) in [4.78, 5) is 13.3. The Morgan fingerprint density at radius 1 is 1.57 bits per heavy atom. The van der Waals surface area contributed by atoms with E-state index in [0.29, 0.717) is 19.6 Å². The van der Waals surface area contributed by atoms with Crippen LogP contribution in [0.3, 0.4) is 0 Å². The highest BCUT2D eigenvalue weighted by atomic mass is 16.5. The highest BCUT2D eigenvalue weighted by molar-refractivity contribution is 5.78. The topological polar surface area (TPSA) is 53.3 Å². The Bertz CT molecular complexity index is 278. The maximum Gasteiger partial charge on any atom is 0.248 e. The van der Waals surface area contributed by atoms with E-state index in [1.807, 2.05) is 4.90 Å². The molecule has 1 saturated heterocycles. The van der Waals surface area contributed by atoms with Crippen molar-refractivity contribution in [1.29, 1.82) is 5.26 Å². The second-order valence-electron chi connectivity index (χ2n) is 4.20. The second-order valence-corrected chi connectivity index (χ2v) is 4.20. The first-order chi connectivity index (χ1) is 6.76. The van der Waals surface area contributed by atoms with Crippen molar-refractivity contribution in [2.45, 2.75) is 19.3 Å². The zero-order valence-electron chi connectivity index (χ0n) is 8.16. The molecule has 0 aromatic carbocycles. The van der Waals surface area contributed by atoms with Gasteiger partial charge in [-0.3, -0.25) is 4.79 Å². The molecule has 1 aliphatic carbocycles. The van der Waals surface area contributed by atoms with Gasteiger partial charge in [-0.2, -0.15) is 5.26 Å². The number of morpholine rings is 1. The maximum atomic E-state index is 11.4. The third-order valence-corrected chi connectivity index (χ3v) is 3.02. The van der Waals surface area contributed by atoms with E-state index < -0.39 is 0 Å². The average Bonchev–Trinajstić information content (AvgIpc) is 2.90. The van der Waals surface area contributed by atoms with Gasteiger partial charge in [-0.05, 0) is 12.8 Å². The van der Waals surface area contributed by atoms with Crippen LogP contribution in [-0.2, 0) is 9.53 Å². The molecule has 1 aliphatic heterocycles. The van der Waals surface area contributed by atoms with E-state index in [4.69, 9.17) is 10.00 Å². The van der Waals surface area contributed by atoms with E-state index in [-0.39, 0.29) is 17.9 Å². The van der Waals surface area contributed by atoms with Crippen molar-refractivity contribution in [3.05, 3.63) is 0 Å². The summed E-state index contributed by atoms with van der Waals surface area (Å²) in [6.45, 7) is 2.28. The molecular weight excluding hydrogens is 180 g/mol. The van der Waals surface area contributed by atoms with E-state index in [9.17, 15) is 4.79 Å². The number of rotatable bonds is 3. The van der Waals surface area contributed by atoms with Crippen LogP contribution in [0.4, 0.5) is 0 Å². The Morgan fingerprint density at radius 2 is 2.36 bits per heavy atom. The lowest BCUT2D eigenvalue weighted by molar-refractivity contribution is -0.143. The predicted octanol–water partition coefficient (Wildman–Crippen LogP) is 0.539. The Balaban J connectivity index is 1.90. The van der Waals surface area contributed by atoms with Crippen molar-refractivity contribution in [3.8, 4) is 6.07 Å². The molecule has 0 unspecified atom stereocenters. The molecule has 2 rings (SSSR count). The molecule has 1 saturated carbocycles. The first-order valence-corrected chi connectivity index (χ1v) is 4.98. The minimum atomic E-state index is 0.0699. The fourth-order valence-corrected chi connectivity index (χ4v) is 1.86. The molecule has 0 aromatic heterocycles. The van der Waals surface area contributed by atoms with Crippen molar-refractivity contribution in [1.82, 2.24) is 4.90 Å². The first-order valence-electron chi connectivity index (χ1n) is 4.98. The molecule has 2 fully saturated rings. The van der Waals surface area contributed by atoms with Crippen molar-refractivity contribution in [2.24, 2.45) is 5.41 Å². The van der Waals surface area contributed by atoms with Crippen LogP contribution in [-0.4, -0.2) is 37.1 Å². The molecule has 0 spiro atoms. The third-order valence-electron chi connectivity index (χ3n) is 3.02. The normalized spacial score (nSPS) is 24.5. The lowest BCUT2D eigenvalue weighted by Crippen LogP contribution is -2.44. The number of carbonyl (C=O) groups excluding carboxylic acids is 1. The summed E-state index contributed by atoms with van der Waals surface area (Å²) in [5, 5.41) is 8.66. The molecule has 1 heterocycles. The Hall–Kier alpha value is -1.08. The third kappa shape index (κ3) is 1.88. The fourth-order valence-electron chi connectivity index (χ4n) is 1.86. The number of hydrogen-bond acceptors (Lipinski definition) is 3. The highest BCUT2D eigenvalue weighted by Crippen LogP contribution is 2.49. The van der Waals surface area contributed by atoms with Gasteiger partial charge in [0.05, 0.1) is 12.7 Å². The van der Waals surface area contributed by atoms with Gasteiger partial charge in [0.15, 0.2) is 0 Å². The summed E-state index contributed by atoms with van der Waals surface area (Å²) in [6.07, 6.45) is 2.76. The van der Waals surface area contributed by atoms with E-state index in [1.165, 1.54) is 0 Å². The van der Waals surface area contributed by atoms with Crippen molar-refractivity contribution >= 4 is 5.91 Å². The zero-order valence-corrected chi connectivity index (χ0v) is 8.16. The molecule has 14 heavy (non-hydrogen) atoms. The SMILES string of the molecule is N#CCC1(CN2CCOCC2=O)CC1. The molecule has 4 heteroatoms. The highest BCUT2D eigenvalue weighted by Gasteiger charge is 2.44. The van der Waals surface area contributed by atoms with Crippen LogP contribution >= 0.6 is 0 Å². The predicted molar refractivity (Wildman–Crippen MR) is 49.3 cm³/mol. The minimum Gasteiger partial charge on any atom is -0.370 e. The second kappa shape index (κ2) is 3.58. The lowest BCUT2D eigenvalue weighted by Gasteiger charge is -2.29. The van der Waals surface area contributed by atoms with Gasteiger partial charge in [-0.1, -0.05) is 0 Å². The molecule has 2 aliphatic rings. The minimum absolute atomic E-state index is 0.0699. The summed E-state index contributed by atoms with van der Waals surface area (Å²) in [5.41, 5.74) is 0.127. The van der Waals surface area contributed by atoms with Crippen molar-refractivity contribution < 1.29 is 9.53 Å². The van der Waals surface area contributed by atoms with Gasteiger partial charge in [-0.15, -0.1) is 0 Å². The number of ether oxygens (including phenoxy) is 1. The van der Waals surface area contributed by atoms with Crippen LogP contribution in [0.25, 0.3) is 0 Å². The van der Waals surface area contributed by atoms with Crippen LogP contribution in [0, 0.1) is 16.7 Å². The summed E-state index contributed by atoms with van der Waals surface area (Å²) in [5.74, 6) is 0.0699. The monoisotopic (exact) mass is 194 g/mol. The molecule has 0 aromatic rings. The maximum absolute atomic E-state index is 11.4. The van der Waals surface area contributed by atoms with Crippen molar-refractivity contribution in [2.75, 3.05) is 26.3 Å². The smallest absolute Gasteiger partial charge is 0.248 e. The van der Waals surface area contributed by atoms with E-state index in [1.54, 1.807) is 0 Å². The van der Waals surface area contributed by atoms with Gasteiger partial charge >= 0.3 is 0 Å². The summed E-state index contributed by atoms with van der Waals surface area (Å²) in [6, 6.07) is 2.21. The largest absolute Gasteiger partial charge is 0.370 e. The Morgan fingerprint density at radius 3 is 2.93 bits per heavy atom. The molecule has 0 N–H and O–H groups in total. The van der Waals surface area contributed by atoms with Crippen LogP contribution in [0.5, 0.6) is 0 Å². The molecular formula is C10H14N2O2. The Labute approximate surface area is 83.4 Å². The zero-order chi connectivity index (χ0) is 10.0. The van der Waals surface area contributed by atoms with Crippen LogP contribution < -0.4 is 0 Å². The van der Waals surface area contributed by atoms with E-state index in [2.05, 4.69) is 6.07 Å². The number of amides is 1.